The van der Waals surface area contributed by atoms with E-state index in [0.717, 1.165) is 6.54 Å². The molecule has 2 N–H and O–H groups in total. The number of carbonyl (C=O) groups is 3. The molecule has 1 heterocycles. The SMILES string of the molecule is CCN[C@H](C)CNC(=O)CCN1C(=O)CCC1=O.Cl. The summed E-state index contributed by atoms with van der Waals surface area (Å²) < 4.78 is 0. The molecule has 0 spiro atoms. The van der Waals surface area contributed by atoms with Crippen molar-refractivity contribution in [3.8, 4) is 0 Å². The van der Waals surface area contributed by atoms with E-state index in [1.807, 2.05) is 13.8 Å². The maximum absolute atomic E-state index is 11.5. The summed E-state index contributed by atoms with van der Waals surface area (Å²) in [5.74, 6) is -0.477. The first-order chi connectivity index (χ1) is 8.54. The molecular formula is C12H22ClN3O3. The van der Waals surface area contributed by atoms with E-state index in [9.17, 15) is 14.4 Å². The number of carbonyl (C=O) groups excluding carboxylic acids is 3. The Bertz CT molecular complexity index is 320. The molecule has 1 fully saturated rings. The molecule has 1 aliphatic heterocycles. The lowest BCUT2D eigenvalue weighted by atomic mass is 10.3. The lowest BCUT2D eigenvalue weighted by Gasteiger charge is -2.15. The van der Waals surface area contributed by atoms with Crippen LogP contribution in [0.15, 0.2) is 0 Å². The highest BCUT2D eigenvalue weighted by atomic mass is 35.5. The van der Waals surface area contributed by atoms with Crippen LogP contribution in [0.4, 0.5) is 0 Å². The van der Waals surface area contributed by atoms with Gasteiger partial charge in [-0.05, 0) is 13.5 Å². The van der Waals surface area contributed by atoms with Crippen molar-refractivity contribution in [2.45, 2.75) is 39.2 Å². The highest BCUT2D eigenvalue weighted by molar-refractivity contribution is 6.02. The van der Waals surface area contributed by atoms with Crippen LogP contribution < -0.4 is 10.6 Å². The molecule has 0 aromatic carbocycles. The molecule has 0 radical (unpaired) electrons. The summed E-state index contributed by atoms with van der Waals surface area (Å²) in [6, 6.07) is 0.217. The van der Waals surface area contributed by atoms with Gasteiger partial charge in [0.05, 0.1) is 0 Å². The van der Waals surface area contributed by atoms with Gasteiger partial charge in [-0.2, -0.15) is 0 Å². The van der Waals surface area contributed by atoms with Gasteiger partial charge in [-0.25, -0.2) is 0 Å². The van der Waals surface area contributed by atoms with Crippen LogP contribution in [0, 0.1) is 0 Å². The van der Waals surface area contributed by atoms with Gasteiger partial charge in [0.2, 0.25) is 17.7 Å². The molecule has 0 aliphatic carbocycles. The molecule has 0 bridgehead atoms. The number of amides is 3. The molecule has 1 atom stereocenters. The average molecular weight is 292 g/mol. The van der Waals surface area contributed by atoms with Crippen molar-refractivity contribution in [2.75, 3.05) is 19.6 Å². The molecule has 0 unspecified atom stereocenters. The van der Waals surface area contributed by atoms with Gasteiger partial charge in [-0.15, -0.1) is 12.4 Å². The van der Waals surface area contributed by atoms with Gasteiger partial charge in [0.1, 0.15) is 0 Å². The summed E-state index contributed by atoms with van der Waals surface area (Å²) in [6.45, 7) is 5.59. The third-order valence-corrected chi connectivity index (χ3v) is 2.88. The van der Waals surface area contributed by atoms with Crippen LogP contribution in [-0.2, 0) is 14.4 Å². The van der Waals surface area contributed by atoms with E-state index in [0.29, 0.717) is 6.54 Å². The fourth-order valence-corrected chi connectivity index (χ4v) is 1.86. The highest BCUT2D eigenvalue weighted by Crippen LogP contribution is 2.11. The lowest BCUT2D eigenvalue weighted by Crippen LogP contribution is -2.40. The molecule has 3 amide bonds. The van der Waals surface area contributed by atoms with Crippen molar-refractivity contribution in [2.24, 2.45) is 0 Å². The smallest absolute Gasteiger partial charge is 0.229 e. The average Bonchev–Trinajstić information content (AvgIpc) is 2.64. The fourth-order valence-electron chi connectivity index (χ4n) is 1.86. The van der Waals surface area contributed by atoms with Crippen molar-refractivity contribution < 1.29 is 14.4 Å². The van der Waals surface area contributed by atoms with Crippen molar-refractivity contribution in [3.63, 3.8) is 0 Å². The van der Waals surface area contributed by atoms with Crippen molar-refractivity contribution in [1.82, 2.24) is 15.5 Å². The summed E-state index contributed by atoms with van der Waals surface area (Å²) in [4.78, 5) is 35.3. The minimum atomic E-state index is -0.172. The van der Waals surface area contributed by atoms with E-state index in [2.05, 4.69) is 10.6 Å². The second kappa shape index (κ2) is 8.87. The topological polar surface area (TPSA) is 78.5 Å². The fraction of sp³-hybridized carbons (Fsp3) is 0.750. The number of imide groups is 1. The van der Waals surface area contributed by atoms with Crippen molar-refractivity contribution >= 4 is 30.1 Å². The molecule has 19 heavy (non-hydrogen) atoms. The first kappa shape index (κ1) is 17.9. The number of hydrogen-bond donors (Lipinski definition) is 2. The number of hydrogen-bond acceptors (Lipinski definition) is 4. The number of rotatable bonds is 7. The van der Waals surface area contributed by atoms with Crippen LogP contribution >= 0.6 is 12.4 Å². The monoisotopic (exact) mass is 291 g/mol. The first-order valence-corrected chi connectivity index (χ1v) is 6.37. The molecule has 7 heteroatoms. The zero-order valence-corrected chi connectivity index (χ0v) is 12.2. The van der Waals surface area contributed by atoms with E-state index >= 15 is 0 Å². The van der Waals surface area contributed by atoms with Gasteiger partial charge in [0.25, 0.3) is 0 Å². The molecule has 0 saturated carbocycles. The van der Waals surface area contributed by atoms with E-state index in [-0.39, 0.29) is 62.0 Å². The Morgan fingerprint density at radius 3 is 2.42 bits per heavy atom. The van der Waals surface area contributed by atoms with Crippen LogP contribution in [0.2, 0.25) is 0 Å². The van der Waals surface area contributed by atoms with Gasteiger partial charge >= 0.3 is 0 Å². The van der Waals surface area contributed by atoms with E-state index < -0.39 is 0 Å². The maximum atomic E-state index is 11.5. The zero-order valence-electron chi connectivity index (χ0n) is 11.4. The Balaban J connectivity index is 0.00000324. The van der Waals surface area contributed by atoms with Gasteiger partial charge in [-0.3, -0.25) is 19.3 Å². The minimum Gasteiger partial charge on any atom is -0.354 e. The highest BCUT2D eigenvalue weighted by Gasteiger charge is 2.28. The summed E-state index contributed by atoms with van der Waals surface area (Å²) in [6.07, 6.45) is 0.728. The molecule has 1 rings (SSSR count). The van der Waals surface area contributed by atoms with Crippen molar-refractivity contribution in [3.05, 3.63) is 0 Å². The second-order valence-corrected chi connectivity index (χ2v) is 4.45. The second-order valence-electron chi connectivity index (χ2n) is 4.45. The normalized spacial score (nSPS) is 16.2. The molecule has 1 aliphatic rings. The quantitative estimate of drug-likeness (QED) is 0.650. The first-order valence-electron chi connectivity index (χ1n) is 6.37. The van der Waals surface area contributed by atoms with Crippen LogP contribution in [0.25, 0.3) is 0 Å². The van der Waals surface area contributed by atoms with Crippen LogP contribution in [0.1, 0.15) is 33.1 Å². The summed E-state index contributed by atoms with van der Waals surface area (Å²) in [5.41, 5.74) is 0. The molecule has 0 aromatic rings. The van der Waals surface area contributed by atoms with Crippen molar-refractivity contribution in [1.29, 1.82) is 0 Å². The third-order valence-electron chi connectivity index (χ3n) is 2.88. The summed E-state index contributed by atoms with van der Waals surface area (Å²) in [5, 5.41) is 5.95. The Kier molecular flexibility index (Phi) is 8.34. The predicted molar refractivity (Wildman–Crippen MR) is 74.0 cm³/mol. The maximum Gasteiger partial charge on any atom is 0.229 e. The van der Waals surface area contributed by atoms with Crippen LogP contribution in [0.3, 0.4) is 0 Å². The summed E-state index contributed by atoms with van der Waals surface area (Å²) >= 11 is 0. The van der Waals surface area contributed by atoms with Gasteiger partial charge in [0.15, 0.2) is 0 Å². The minimum absolute atomic E-state index is 0. The van der Waals surface area contributed by atoms with E-state index in [4.69, 9.17) is 0 Å². The number of likely N-dealkylation sites (tertiary alicyclic amines) is 1. The Labute approximate surface area is 119 Å². The number of nitrogens with zero attached hydrogens (tertiary/aromatic N) is 1. The Morgan fingerprint density at radius 2 is 1.89 bits per heavy atom. The Morgan fingerprint density at radius 1 is 1.32 bits per heavy atom. The molecular weight excluding hydrogens is 270 g/mol. The number of nitrogens with one attached hydrogen (secondary N) is 2. The lowest BCUT2D eigenvalue weighted by molar-refractivity contribution is -0.138. The van der Waals surface area contributed by atoms with E-state index in [1.54, 1.807) is 0 Å². The standard InChI is InChI=1S/C12H21N3O3.ClH/c1-3-13-9(2)8-14-10(16)6-7-15-11(17)4-5-12(15)18;/h9,13H,3-8H2,1-2H3,(H,14,16);1H/t9-;/m1./s1. The predicted octanol–water partition coefficient (Wildman–Crippen LogP) is 0.0615. The van der Waals surface area contributed by atoms with Gasteiger partial charge in [-0.1, -0.05) is 6.92 Å². The van der Waals surface area contributed by atoms with Crippen LogP contribution in [-0.4, -0.2) is 48.3 Å². The molecule has 1 saturated heterocycles. The van der Waals surface area contributed by atoms with Gasteiger partial charge < -0.3 is 10.6 Å². The molecule has 110 valence electrons. The third kappa shape index (κ3) is 6.02. The molecule has 6 nitrogen and oxygen atoms in total. The molecule has 0 aromatic heterocycles. The largest absolute Gasteiger partial charge is 0.354 e. The zero-order chi connectivity index (χ0) is 13.5. The van der Waals surface area contributed by atoms with E-state index in [1.165, 1.54) is 4.90 Å². The van der Waals surface area contributed by atoms with Gasteiger partial charge in [0, 0.05) is 38.4 Å². The summed E-state index contributed by atoms with van der Waals surface area (Å²) in [7, 11) is 0. The Hall–Kier alpha value is -1.14. The van der Waals surface area contributed by atoms with Crippen LogP contribution in [0.5, 0.6) is 0 Å². The number of likely N-dealkylation sites (N-methyl/N-ethyl adjacent to an activating group) is 1. The number of halogens is 1.